The number of rotatable bonds is 7. The van der Waals surface area contributed by atoms with Crippen LogP contribution >= 0.6 is 0 Å². The Morgan fingerprint density at radius 1 is 1.17 bits per heavy atom. The van der Waals surface area contributed by atoms with E-state index >= 15 is 0 Å². The molecule has 100 valence electrons. The second kappa shape index (κ2) is 7.88. The van der Waals surface area contributed by atoms with Crippen LogP contribution in [0.3, 0.4) is 0 Å². The largest absolute Gasteiger partial charge is 0.463 e. The normalized spacial score (nSPS) is 10.7. The molecule has 0 aliphatic carbocycles. The van der Waals surface area contributed by atoms with Gasteiger partial charge in [0, 0.05) is 6.42 Å². The van der Waals surface area contributed by atoms with Crippen molar-refractivity contribution < 1.29 is 14.3 Å². The summed E-state index contributed by atoms with van der Waals surface area (Å²) in [5.41, 5.74) is 2.39. The maximum atomic E-state index is 11.5. The van der Waals surface area contributed by atoms with Crippen LogP contribution in [0.2, 0.25) is 0 Å². The number of carbonyl (C=O) groups is 1. The van der Waals surface area contributed by atoms with Crippen LogP contribution < -0.4 is 0 Å². The molecule has 0 N–H and O–H groups in total. The molecule has 0 spiro atoms. The molecule has 0 amide bonds. The molecule has 3 nitrogen and oxygen atoms in total. The molecular formula is C15H22O3. The number of carbonyl (C=O) groups excluding carboxylic acids is 1. The average Bonchev–Trinajstić information content (AvgIpc) is 2.34. The van der Waals surface area contributed by atoms with Crippen LogP contribution in [0.4, 0.5) is 0 Å². The van der Waals surface area contributed by atoms with Crippen LogP contribution in [0.15, 0.2) is 24.3 Å². The summed E-state index contributed by atoms with van der Waals surface area (Å²) in [6.45, 7) is 6.77. The monoisotopic (exact) mass is 250 g/mol. The third-order valence-electron chi connectivity index (χ3n) is 2.54. The molecule has 0 aliphatic heterocycles. The summed E-state index contributed by atoms with van der Waals surface area (Å²) in [4.78, 5) is 11.5. The van der Waals surface area contributed by atoms with Gasteiger partial charge in [-0.15, -0.1) is 0 Å². The van der Waals surface area contributed by atoms with Gasteiger partial charge in [-0.05, 0) is 32.8 Å². The first-order valence-corrected chi connectivity index (χ1v) is 6.40. The minimum Gasteiger partial charge on any atom is -0.463 e. The minimum absolute atomic E-state index is 0.164. The van der Waals surface area contributed by atoms with Crippen molar-refractivity contribution in [2.45, 2.75) is 39.7 Å². The van der Waals surface area contributed by atoms with E-state index in [1.54, 1.807) is 0 Å². The molecule has 0 bridgehead atoms. The molecule has 18 heavy (non-hydrogen) atoms. The van der Waals surface area contributed by atoms with E-state index in [1.807, 2.05) is 32.9 Å². The Hall–Kier alpha value is -1.35. The number of benzene rings is 1. The summed E-state index contributed by atoms with van der Waals surface area (Å²) in [7, 11) is 0. The third-order valence-corrected chi connectivity index (χ3v) is 2.54. The minimum atomic E-state index is -0.164. The van der Waals surface area contributed by atoms with Gasteiger partial charge in [-0.1, -0.05) is 29.8 Å². The van der Waals surface area contributed by atoms with E-state index in [4.69, 9.17) is 9.47 Å². The molecular weight excluding hydrogens is 228 g/mol. The topological polar surface area (TPSA) is 35.5 Å². The summed E-state index contributed by atoms with van der Waals surface area (Å²) in [6, 6.07) is 8.20. The number of aryl methyl sites for hydroxylation is 2. The molecule has 0 aliphatic rings. The lowest BCUT2D eigenvalue weighted by atomic mass is 10.1. The third kappa shape index (κ3) is 6.40. The van der Waals surface area contributed by atoms with E-state index in [9.17, 15) is 4.79 Å². The van der Waals surface area contributed by atoms with Crippen LogP contribution in [0.25, 0.3) is 0 Å². The summed E-state index contributed by atoms with van der Waals surface area (Å²) in [5.74, 6) is -0.164. The van der Waals surface area contributed by atoms with Gasteiger partial charge in [-0.25, -0.2) is 0 Å². The zero-order valence-electron chi connectivity index (χ0n) is 11.4. The SMILES string of the molecule is Cc1ccc(CCC(=O)OCCOC(C)C)cc1. The van der Waals surface area contributed by atoms with Gasteiger partial charge in [0.25, 0.3) is 0 Å². The quantitative estimate of drug-likeness (QED) is 0.551. The van der Waals surface area contributed by atoms with Gasteiger partial charge in [-0.3, -0.25) is 4.79 Å². The van der Waals surface area contributed by atoms with Crippen molar-refractivity contribution in [2.75, 3.05) is 13.2 Å². The number of hydrogen-bond acceptors (Lipinski definition) is 3. The van der Waals surface area contributed by atoms with E-state index in [-0.39, 0.29) is 12.1 Å². The van der Waals surface area contributed by atoms with E-state index in [2.05, 4.69) is 12.1 Å². The van der Waals surface area contributed by atoms with E-state index in [0.29, 0.717) is 19.6 Å². The number of hydrogen-bond donors (Lipinski definition) is 0. The maximum absolute atomic E-state index is 11.5. The molecule has 0 saturated heterocycles. The van der Waals surface area contributed by atoms with Crippen molar-refractivity contribution in [2.24, 2.45) is 0 Å². The van der Waals surface area contributed by atoms with Gasteiger partial charge in [0.1, 0.15) is 6.61 Å². The highest BCUT2D eigenvalue weighted by Gasteiger charge is 2.04. The highest BCUT2D eigenvalue weighted by molar-refractivity contribution is 5.69. The molecule has 0 radical (unpaired) electrons. The number of ether oxygens (including phenoxy) is 2. The molecule has 1 aromatic carbocycles. The Morgan fingerprint density at radius 3 is 2.44 bits per heavy atom. The van der Waals surface area contributed by atoms with Gasteiger partial charge in [-0.2, -0.15) is 0 Å². The number of esters is 1. The molecule has 0 saturated carbocycles. The van der Waals surface area contributed by atoms with Crippen LogP contribution in [0.5, 0.6) is 0 Å². The molecule has 0 heterocycles. The summed E-state index contributed by atoms with van der Waals surface area (Å²) >= 11 is 0. The Labute approximate surface area is 109 Å². The summed E-state index contributed by atoms with van der Waals surface area (Å²) in [5, 5.41) is 0. The van der Waals surface area contributed by atoms with E-state index < -0.39 is 0 Å². The van der Waals surface area contributed by atoms with Crippen LogP contribution in [0.1, 0.15) is 31.4 Å². The van der Waals surface area contributed by atoms with Gasteiger partial charge in [0.05, 0.1) is 12.7 Å². The van der Waals surface area contributed by atoms with Crippen LogP contribution in [-0.2, 0) is 20.7 Å². The second-order valence-corrected chi connectivity index (χ2v) is 4.63. The Balaban J connectivity index is 2.15. The zero-order chi connectivity index (χ0) is 13.4. The molecule has 1 aromatic rings. The first-order valence-electron chi connectivity index (χ1n) is 6.40. The van der Waals surface area contributed by atoms with E-state index in [1.165, 1.54) is 5.56 Å². The van der Waals surface area contributed by atoms with Crippen molar-refractivity contribution in [1.82, 2.24) is 0 Å². The molecule has 0 unspecified atom stereocenters. The zero-order valence-corrected chi connectivity index (χ0v) is 11.4. The van der Waals surface area contributed by atoms with Crippen molar-refractivity contribution >= 4 is 5.97 Å². The Bertz CT molecular complexity index is 355. The van der Waals surface area contributed by atoms with Crippen molar-refractivity contribution in [1.29, 1.82) is 0 Å². The molecule has 3 heteroatoms. The highest BCUT2D eigenvalue weighted by Crippen LogP contribution is 2.06. The smallest absolute Gasteiger partial charge is 0.306 e. The fourth-order valence-corrected chi connectivity index (χ4v) is 1.51. The van der Waals surface area contributed by atoms with Crippen LogP contribution in [-0.4, -0.2) is 25.3 Å². The molecule has 0 atom stereocenters. The second-order valence-electron chi connectivity index (χ2n) is 4.63. The molecule has 0 aromatic heterocycles. The van der Waals surface area contributed by atoms with Gasteiger partial charge in [0.2, 0.25) is 0 Å². The van der Waals surface area contributed by atoms with Crippen LogP contribution in [0, 0.1) is 6.92 Å². The predicted octanol–water partition coefficient (Wildman–Crippen LogP) is 2.90. The van der Waals surface area contributed by atoms with Crippen molar-refractivity contribution in [3.05, 3.63) is 35.4 Å². The van der Waals surface area contributed by atoms with E-state index in [0.717, 1.165) is 12.0 Å². The maximum Gasteiger partial charge on any atom is 0.306 e. The Morgan fingerprint density at radius 2 is 1.83 bits per heavy atom. The summed E-state index contributed by atoms with van der Waals surface area (Å²) < 4.78 is 10.4. The average molecular weight is 250 g/mol. The van der Waals surface area contributed by atoms with Crippen molar-refractivity contribution in [3.8, 4) is 0 Å². The lowest BCUT2D eigenvalue weighted by Gasteiger charge is -2.08. The van der Waals surface area contributed by atoms with Gasteiger partial charge >= 0.3 is 5.97 Å². The fraction of sp³-hybridized carbons (Fsp3) is 0.533. The van der Waals surface area contributed by atoms with Crippen molar-refractivity contribution in [3.63, 3.8) is 0 Å². The fourth-order valence-electron chi connectivity index (χ4n) is 1.51. The lowest BCUT2D eigenvalue weighted by Crippen LogP contribution is -2.13. The lowest BCUT2D eigenvalue weighted by molar-refractivity contribution is -0.145. The first kappa shape index (κ1) is 14.7. The predicted molar refractivity (Wildman–Crippen MR) is 71.5 cm³/mol. The first-order chi connectivity index (χ1) is 8.58. The highest BCUT2D eigenvalue weighted by atomic mass is 16.6. The summed E-state index contributed by atoms with van der Waals surface area (Å²) in [6.07, 6.45) is 1.32. The van der Waals surface area contributed by atoms with Gasteiger partial charge in [0.15, 0.2) is 0 Å². The molecule has 1 rings (SSSR count). The standard InChI is InChI=1S/C15H22O3/c1-12(2)17-10-11-18-15(16)9-8-14-6-4-13(3)5-7-14/h4-7,12H,8-11H2,1-3H3. The Kier molecular flexibility index (Phi) is 6.44. The van der Waals surface area contributed by atoms with Gasteiger partial charge < -0.3 is 9.47 Å². The molecule has 0 fully saturated rings.